The van der Waals surface area contributed by atoms with Crippen molar-refractivity contribution in [3.63, 3.8) is 0 Å². The lowest BCUT2D eigenvalue weighted by atomic mass is 9.88. The molecule has 0 aromatic heterocycles. The number of likely N-dealkylation sites (tertiary alicyclic amines) is 1. The molecule has 4 heteroatoms. The van der Waals surface area contributed by atoms with Gasteiger partial charge in [-0.2, -0.15) is 0 Å². The zero-order valence-corrected chi connectivity index (χ0v) is 13.0. The Labute approximate surface area is 126 Å². The van der Waals surface area contributed by atoms with Crippen molar-refractivity contribution in [1.29, 1.82) is 0 Å². The molecule has 2 rings (SSSR count). The average Bonchev–Trinajstić information content (AvgIpc) is 2.40. The van der Waals surface area contributed by atoms with Crippen LogP contribution in [0.5, 0.6) is 0 Å². The Hall–Kier alpha value is -1.39. The molecule has 0 radical (unpaired) electrons. The quantitative estimate of drug-likeness (QED) is 0.870. The molecule has 3 N–H and O–H groups in total. The molecule has 2 atom stereocenters. The second-order valence-corrected chi connectivity index (χ2v) is 6.39. The van der Waals surface area contributed by atoms with Crippen LogP contribution in [0.15, 0.2) is 18.2 Å². The van der Waals surface area contributed by atoms with Crippen molar-refractivity contribution in [2.24, 2.45) is 11.7 Å². The van der Waals surface area contributed by atoms with E-state index in [-0.39, 0.29) is 12.5 Å². The van der Waals surface area contributed by atoms with Crippen molar-refractivity contribution in [3.05, 3.63) is 34.9 Å². The van der Waals surface area contributed by atoms with E-state index in [0.29, 0.717) is 12.5 Å². The van der Waals surface area contributed by atoms with E-state index in [1.54, 1.807) is 0 Å². The van der Waals surface area contributed by atoms with Gasteiger partial charge in [-0.15, -0.1) is 0 Å². The van der Waals surface area contributed by atoms with E-state index in [9.17, 15) is 4.79 Å². The molecule has 0 amide bonds. The van der Waals surface area contributed by atoms with Gasteiger partial charge in [0.15, 0.2) is 0 Å². The van der Waals surface area contributed by atoms with Crippen LogP contribution in [0.25, 0.3) is 0 Å². The number of benzene rings is 1. The second kappa shape index (κ2) is 7.05. The Morgan fingerprint density at radius 1 is 1.33 bits per heavy atom. The molecule has 1 aliphatic rings. The first-order valence-corrected chi connectivity index (χ1v) is 7.70. The molecule has 1 aromatic carbocycles. The minimum atomic E-state index is -0.736. The SMILES string of the molecule is Cc1ccc(CC2CC(N)CN(CCC(=O)O)C2)cc1C. The van der Waals surface area contributed by atoms with Crippen molar-refractivity contribution in [2.75, 3.05) is 19.6 Å². The number of aliphatic carboxylic acids is 1. The summed E-state index contributed by atoms with van der Waals surface area (Å²) in [5, 5.41) is 8.81. The lowest BCUT2D eigenvalue weighted by Crippen LogP contribution is -2.48. The molecule has 0 spiro atoms. The van der Waals surface area contributed by atoms with Crippen LogP contribution in [0.3, 0.4) is 0 Å². The van der Waals surface area contributed by atoms with Gasteiger partial charge in [0.25, 0.3) is 0 Å². The van der Waals surface area contributed by atoms with Crippen molar-refractivity contribution >= 4 is 5.97 Å². The predicted octanol–water partition coefficient (Wildman–Crippen LogP) is 1.97. The van der Waals surface area contributed by atoms with E-state index < -0.39 is 5.97 Å². The van der Waals surface area contributed by atoms with Gasteiger partial charge in [0.05, 0.1) is 6.42 Å². The molecule has 1 aromatic rings. The number of carboxylic acids is 1. The maximum atomic E-state index is 10.7. The van der Waals surface area contributed by atoms with Gasteiger partial charge < -0.3 is 15.7 Å². The number of rotatable bonds is 5. The highest BCUT2D eigenvalue weighted by Crippen LogP contribution is 2.22. The summed E-state index contributed by atoms with van der Waals surface area (Å²) in [5.41, 5.74) is 10.1. The molecule has 116 valence electrons. The minimum Gasteiger partial charge on any atom is -0.481 e. The Balaban J connectivity index is 1.95. The van der Waals surface area contributed by atoms with Crippen molar-refractivity contribution in [1.82, 2.24) is 4.90 Å². The first kappa shape index (κ1) is 16.0. The second-order valence-electron chi connectivity index (χ2n) is 6.39. The Morgan fingerprint density at radius 2 is 2.10 bits per heavy atom. The van der Waals surface area contributed by atoms with Crippen molar-refractivity contribution in [3.8, 4) is 0 Å². The fraction of sp³-hybridized carbons (Fsp3) is 0.588. The summed E-state index contributed by atoms with van der Waals surface area (Å²) in [6.45, 7) is 6.64. The molecular weight excluding hydrogens is 264 g/mol. The summed E-state index contributed by atoms with van der Waals surface area (Å²) in [5.74, 6) is -0.218. The predicted molar refractivity (Wildman–Crippen MR) is 84.4 cm³/mol. The van der Waals surface area contributed by atoms with Crippen LogP contribution in [0, 0.1) is 19.8 Å². The van der Waals surface area contributed by atoms with Gasteiger partial charge in [-0.1, -0.05) is 18.2 Å². The normalized spacial score (nSPS) is 23.2. The van der Waals surface area contributed by atoms with Gasteiger partial charge in [0.2, 0.25) is 0 Å². The van der Waals surface area contributed by atoms with E-state index in [4.69, 9.17) is 10.8 Å². The van der Waals surface area contributed by atoms with E-state index in [1.165, 1.54) is 16.7 Å². The number of carbonyl (C=O) groups is 1. The molecule has 21 heavy (non-hydrogen) atoms. The number of piperidine rings is 1. The number of carboxylic acid groups (broad SMARTS) is 1. The molecule has 1 fully saturated rings. The maximum Gasteiger partial charge on any atom is 0.304 e. The first-order valence-electron chi connectivity index (χ1n) is 7.70. The van der Waals surface area contributed by atoms with E-state index >= 15 is 0 Å². The van der Waals surface area contributed by atoms with E-state index in [2.05, 4.69) is 36.9 Å². The van der Waals surface area contributed by atoms with Gasteiger partial charge in [0.1, 0.15) is 0 Å². The Kier molecular flexibility index (Phi) is 5.37. The summed E-state index contributed by atoms with van der Waals surface area (Å²) in [7, 11) is 0. The van der Waals surface area contributed by atoms with Gasteiger partial charge in [0, 0.05) is 25.7 Å². The Morgan fingerprint density at radius 3 is 2.76 bits per heavy atom. The van der Waals surface area contributed by atoms with Crippen molar-refractivity contribution in [2.45, 2.75) is 39.2 Å². The van der Waals surface area contributed by atoms with Crippen molar-refractivity contribution < 1.29 is 9.90 Å². The molecule has 0 aliphatic carbocycles. The highest BCUT2D eigenvalue weighted by Gasteiger charge is 2.25. The first-order chi connectivity index (χ1) is 9.94. The average molecular weight is 290 g/mol. The van der Waals surface area contributed by atoms with Crippen LogP contribution in [-0.4, -0.2) is 41.7 Å². The largest absolute Gasteiger partial charge is 0.481 e. The number of hydrogen-bond donors (Lipinski definition) is 2. The molecule has 0 saturated carbocycles. The highest BCUT2D eigenvalue weighted by atomic mass is 16.4. The summed E-state index contributed by atoms with van der Waals surface area (Å²) < 4.78 is 0. The topological polar surface area (TPSA) is 66.6 Å². The maximum absolute atomic E-state index is 10.7. The van der Waals surface area contributed by atoms with Gasteiger partial charge in [-0.05, 0) is 49.3 Å². The third kappa shape index (κ3) is 4.83. The summed E-state index contributed by atoms with van der Waals surface area (Å²) in [4.78, 5) is 12.9. The lowest BCUT2D eigenvalue weighted by Gasteiger charge is -2.36. The van der Waals surface area contributed by atoms with E-state index in [1.807, 2.05) is 0 Å². The van der Waals surface area contributed by atoms with Crippen LogP contribution in [-0.2, 0) is 11.2 Å². The fourth-order valence-electron chi connectivity index (χ4n) is 3.20. The monoisotopic (exact) mass is 290 g/mol. The van der Waals surface area contributed by atoms with Crippen LogP contribution in [0.1, 0.15) is 29.5 Å². The van der Waals surface area contributed by atoms with Crippen LogP contribution >= 0.6 is 0 Å². The van der Waals surface area contributed by atoms with Gasteiger partial charge in [-0.25, -0.2) is 0 Å². The van der Waals surface area contributed by atoms with Gasteiger partial charge >= 0.3 is 5.97 Å². The smallest absolute Gasteiger partial charge is 0.304 e. The number of nitrogens with two attached hydrogens (primary N) is 1. The van der Waals surface area contributed by atoms with Crippen LogP contribution in [0.4, 0.5) is 0 Å². The van der Waals surface area contributed by atoms with Crippen LogP contribution < -0.4 is 5.73 Å². The zero-order chi connectivity index (χ0) is 15.4. The number of hydrogen-bond acceptors (Lipinski definition) is 3. The molecule has 0 bridgehead atoms. The number of aryl methyl sites for hydroxylation is 2. The zero-order valence-electron chi connectivity index (χ0n) is 13.0. The van der Waals surface area contributed by atoms with E-state index in [0.717, 1.165) is 25.9 Å². The minimum absolute atomic E-state index is 0.157. The summed E-state index contributed by atoms with van der Waals surface area (Å²) in [6.07, 6.45) is 2.25. The standard InChI is InChI=1S/C17H26N2O2/c1-12-3-4-14(7-13(12)2)8-15-9-16(18)11-19(10-15)6-5-17(20)21/h3-4,7,15-16H,5-6,8-11,18H2,1-2H3,(H,20,21). The Bertz CT molecular complexity index is 502. The lowest BCUT2D eigenvalue weighted by molar-refractivity contribution is -0.137. The molecule has 1 heterocycles. The molecule has 4 nitrogen and oxygen atoms in total. The molecule has 1 aliphatic heterocycles. The third-order valence-electron chi connectivity index (χ3n) is 4.38. The molecular formula is C17H26N2O2. The third-order valence-corrected chi connectivity index (χ3v) is 4.38. The van der Waals surface area contributed by atoms with Crippen LogP contribution in [0.2, 0.25) is 0 Å². The molecule has 2 unspecified atom stereocenters. The fourth-order valence-corrected chi connectivity index (χ4v) is 3.20. The summed E-state index contributed by atoms with van der Waals surface area (Å²) >= 11 is 0. The molecule has 1 saturated heterocycles. The highest BCUT2D eigenvalue weighted by molar-refractivity contribution is 5.66. The summed E-state index contributed by atoms with van der Waals surface area (Å²) in [6, 6.07) is 6.79. The van der Waals surface area contributed by atoms with Gasteiger partial charge in [-0.3, -0.25) is 4.79 Å². The number of nitrogens with zero attached hydrogens (tertiary/aromatic N) is 1.